The standard InChI is InChI=1S/C6H11O15P3/c7-1-2(8)4-3(9)5(6(10)18-4)19-23(14,15)21-24(16,17)20-22(11,12)13/h2,4,7-9H,1H2,(H,14,15)(H,16,17)(H2,11,12,13)/t2-,4+/m0/s1. The van der Waals surface area contributed by atoms with Crippen molar-refractivity contribution >= 4 is 29.4 Å². The van der Waals surface area contributed by atoms with Gasteiger partial charge in [-0.1, -0.05) is 0 Å². The number of cyclic esters (lactones) is 1. The molecule has 0 aromatic heterocycles. The van der Waals surface area contributed by atoms with Crippen molar-refractivity contribution in [1.29, 1.82) is 0 Å². The molecule has 4 atom stereocenters. The van der Waals surface area contributed by atoms with Crippen LogP contribution in [0.3, 0.4) is 0 Å². The van der Waals surface area contributed by atoms with Crippen LogP contribution < -0.4 is 0 Å². The zero-order valence-electron chi connectivity index (χ0n) is 11.1. The summed E-state index contributed by atoms with van der Waals surface area (Å²) in [4.78, 5) is 46.1. The molecule has 24 heavy (non-hydrogen) atoms. The molecule has 1 aliphatic rings. The lowest BCUT2D eigenvalue weighted by atomic mass is 10.2. The molecule has 0 radical (unpaired) electrons. The molecular weight excluding hydrogens is 405 g/mol. The second kappa shape index (κ2) is 7.20. The maximum atomic E-state index is 11.5. The van der Waals surface area contributed by atoms with E-state index in [0.717, 1.165) is 0 Å². The molecule has 7 N–H and O–H groups in total. The lowest BCUT2D eigenvalue weighted by Gasteiger charge is -2.16. The number of carbonyl (C=O) groups excluding carboxylic acids is 1. The van der Waals surface area contributed by atoms with Crippen LogP contribution in [-0.2, 0) is 36.4 Å². The fraction of sp³-hybridized carbons (Fsp3) is 0.500. The van der Waals surface area contributed by atoms with Crippen LogP contribution in [0.1, 0.15) is 0 Å². The molecule has 1 rings (SSSR count). The first-order valence-corrected chi connectivity index (χ1v) is 9.96. The van der Waals surface area contributed by atoms with E-state index in [0.29, 0.717) is 0 Å². The third-order valence-electron chi connectivity index (χ3n) is 2.08. The molecule has 0 aromatic carbocycles. The van der Waals surface area contributed by atoms with E-state index in [4.69, 9.17) is 19.8 Å². The Morgan fingerprint density at radius 3 is 2.08 bits per heavy atom. The van der Waals surface area contributed by atoms with Crippen molar-refractivity contribution in [2.75, 3.05) is 6.61 Å². The molecule has 0 fully saturated rings. The fourth-order valence-electron chi connectivity index (χ4n) is 1.31. The summed E-state index contributed by atoms with van der Waals surface area (Å²) in [7, 11) is -17.2. The number of esters is 1. The number of carbonyl (C=O) groups is 1. The number of phosphoric acid groups is 3. The third kappa shape index (κ3) is 5.92. The Bertz CT molecular complexity index is 675. The van der Waals surface area contributed by atoms with E-state index in [1.807, 2.05) is 0 Å². The van der Waals surface area contributed by atoms with Crippen LogP contribution in [0.15, 0.2) is 11.5 Å². The molecule has 0 saturated heterocycles. The van der Waals surface area contributed by atoms with Crippen molar-refractivity contribution < 1.29 is 71.3 Å². The molecular formula is C6H11O15P3. The highest BCUT2D eigenvalue weighted by atomic mass is 31.3. The van der Waals surface area contributed by atoms with Crippen molar-refractivity contribution in [3.63, 3.8) is 0 Å². The SMILES string of the molecule is O=C1O[C@H]([C@@H](O)CO)C(O)=C1OP(=O)(O)OP(=O)(O)OP(=O)(O)O. The topological polar surface area (TPSA) is 247 Å². The van der Waals surface area contributed by atoms with Crippen molar-refractivity contribution in [2.45, 2.75) is 12.2 Å². The molecule has 1 aliphatic heterocycles. The first-order chi connectivity index (χ1) is 10.7. The Morgan fingerprint density at radius 1 is 1.08 bits per heavy atom. The van der Waals surface area contributed by atoms with Crippen LogP contribution in [-0.4, -0.2) is 59.7 Å². The number of ether oxygens (including phenoxy) is 1. The van der Waals surface area contributed by atoms with Crippen LogP contribution in [0.25, 0.3) is 0 Å². The van der Waals surface area contributed by atoms with Crippen molar-refractivity contribution in [3.8, 4) is 0 Å². The van der Waals surface area contributed by atoms with Crippen molar-refractivity contribution in [1.82, 2.24) is 0 Å². The Kier molecular flexibility index (Phi) is 6.36. The molecule has 18 heteroatoms. The van der Waals surface area contributed by atoms with Gasteiger partial charge in [-0.25, -0.2) is 18.5 Å². The second-order valence-corrected chi connectivity index (χ2v) is 8.32. The van der Waals surface area contributed by atoms with Gasteiger partial charge in [0.2, 0.25) is 0 Å². The minimum Gasteiger partial charge on any atom is -0.505 e. The molecule has 1 heterocycles. The molecule has 0 aromatic rings. The highest BCUT2D eigenvalue weighted by Crippen LogP contribution is 2.67. The highest BCUT2D eigenvalue weighted by molar-refractivity contribution is 7.66. The smallest absolute Gasteiger partial charge is 0.505 e. The average molecular weight is 416 g/mol. The van der Waals surface area contributed by atoms with Gasteiger partial charge >= 0.3 is 29.4 Å². The second-order valence-electron chi connectivity index (χ2n) is 3.97. The number of hydrogen-bond acceptors (Lipinski definition) is 11. The van der Waals surface area contributed by atoms with Crippen LogP contribution in [0.2, 0.25) is 0 Å². The van der Waals surface area contributed by atoms with E-state index >= 15 is 0 Å². The Balaban J connectivity index is 2.96. The summed E-state index contributed by atoms with van der Waals surface area (Å²) in [5.74, 6) is -4.26. The van der Waals surface area contributed by atoms with Gasteiger partial charge < -0.3 is 39.3 Å². The van der Waals surface area contributed by atoms with E-state index in [2.05, 4.69) is 17.9 Å². The first kappa shape index (κ1) is 21.2. The summed E-state index contributed by atoms with van der Waals surface area (Å²) < 4.78 is 48.1. The molecule has 140 valence electrons. The summed E-state index contributed by atoms with van der Waals surface area (Å²) >= 11 is 0. The number of hydrogen-bond donors (Lipinski definition) is 7. The Hall–Kier alpha value is -0.820. The Labute approximate surface area is 132 Å². The average Bonchev–Trinajstić information content (AvgIpc) is 2.61. The molecule has 0 aliphatic carbocycles. The predicted octanol–water partition coefficient (Wildman–Crippen LogP) is -1.62. The van der Waals surface area contributed by atoms with Gasteiger partial charge in [0.1, 0.15) is 6.10 Å². The van der Waals surface area contributed by atoms with Crippen LogP contribution in [0.4, 0.5) is 0 Å². The van der Waals surface area contributed by atoms with E-state index in [9.17, 15) is 33.6 Å². The minimum atomic E-state index is -5.82. The summed E-state index contributed by atoms with van der Waals surface area (Å²) in [5.41, 5.74) is 0. The third-order valence-corrected chi connectivity index (χ3v) is 5.82. The first-order valence-electron chi connectivity index (χ1n) is 5.44. The molecule has 15 nitrogen and oxygen atoms in total. The maximum Gasteiger partial charge on any atom is 0.536 e. The molecule has 2 unspecified atom stereocenters. The lowest BCUT2D eigenvalue weighted by Crippen LogP contribution is -2.31. The van der Waals surface area contributed by atoms with E-state index in [1.165, 1.54) is 0 Å². The molecule has 0 bridgehead atoms. The zero-order valence-corrected chi connectivity index (χ0v) is 13.8. The molecule has 0 amide bonds. The zero-order chi connectivity index (χ0) is 18.9. The maximum absolute atomic E-state index is 11.5. The normalized spacial score (nSPS) is 24.9. The summed E-state index contributed by atoms with van der Waals surface area (Å²) in [6.45, 7) is -0.982. The van der Waals surface area contributed by atoms with Gasteiger partial charge in [0, 0.05) is 0 Å². The van der Waals surface area contributed by atoms with Gasteiger partial charge in [0.15, 0.2) is 11.9 Å². The van der Waals surface area contributed by atoms with Gasteiger partial charge in [0.25, 0.3) is 5.76 Å². The van der Waals surface area contributed by atoms with Crippen LogP contribution >= 0.6 is 23.5 Å². The van der Waals surface area contributed by atoms with Gasteiger partial charge in [-0.3, -0.25) is 4.89 Å². The van der Waals surface area contributed by atoms with E-state index in [-0.39, 0.29) is 0 Å². The fourth-order valence-corrected chi connectivity index (χ4v) is 4.35. The van der Waals surface area contributed by atoms with Gasteiger partial charge in [0.05, 0.1) is 6.61 Å². The monoisotopic (exact) mass is 416 g/mol. The van der Waals surface area contributed by atoms with Crippen LogP contribution in [0, 0.1) is 0 Å². The van der Waals surface area contributed by atoms with E-state index in [1.54, 1.807) is 0 Å². The van der Waals surface area contributed by atoms with Gasteiger partial charge in [-0.2, -0.15) is 8.62 Å². The van der Waals surface area contributed by atoms with E-state index < -0.39 is 59.8 Å². The highest BCUT2D eigenvalue weighted by Gasteiger charge is 2.47. The molecule has 0 saturated carbocycles. The van der Waals surface area contributed by atoms with Crippen molar-refractivity contribution in [2.24, 2.45) is 0 Å². The number of aliphatic hydroxyl groups excluding tert-OH is 3. The van der Waals surface area contributed by atoms with Gasteiger partial charge in [-0.05, 0) is 0 Å². The van der Waals surface area contributed by atoms with Crippen LogP contribution in [0.5, 0.6) is 0 Å². The number of aliphatic hydroxyl groups is 3. The number of phosphoric ester groups is 1. The molecule has 0 spiro atoms. The minimum absolute atomic E-state index is 0.982. The largest absolute Gasteiger partial charge is 0.536 e. The summed E-state index contributed by atoms with van der Waals surface area (Å²) in [5, 5.41) is 27.5. The quantitative estimate of drug-likeness (QED) is 0.173. The number of rotatable bonds is 8. The summed E-state index contributed by atoms with van der Waals surface area (Å²) in [6, 6.07) is 0. The summed E-state index contributed by atoms with van der Waals surface area (Å²) in [6.07, 6.45) is -3.68. The lowest BCUT2D eigenvalue weighted by molar-refractivity contribution is -0.147. The Morgan fingerprint density at radius 2 is 1.62 bits per heavy atom. The van der Waals surface area contributed by atoms with Gasteiger partial charge in [-0.15, -0.1) is 0 Å². The van der Waals surface area contributed by atoms with Crippen molar-refractivity contribution in [3.05, 3.63) is 11.5 Å². The predicted molar refractivity (Wildman–Crippen MR) is 67.6 cm³/mol.